The first kappa shape index (κ1) is 25.5. The first-order valence-corrected chi connectivity index (χ1v) is 14.1. The number of benzene rings is 3. The van der Waals surface area contributed by atoms with Crippen molar-refractivity contribution in [3.63, 3.8) is 0 Å². The highest BCUT2D eigenvalue weighted by atomic mass is 16.5. The average Bonchev–Trinajstić information content (AvgIpc) is 3.15. The van der Waals surface area contributed by atoms with E-state index >= 15 is 0 Å². The van der Waals surface area contributed by atoms with Crippen LogP contribution >= 0.6 is 0 Å². The van der Waals surface area contributed by atoms with E-state index in [1.807, 2.05) is 54.6 Å². The van der Waals surface area contributed by atoms with E-state index in [0.717, 1.165) is 62.2 Å². The zero-order valence-electron chi connectivity index (χ0n) is 22.4. The van der Waals surface area contributed by atoms with Crippen molar-refractivity contribution in [2.45, 2.75) is 30.3 Å². The van der Waals surface area contributed by atoms with Gasteiger partial charge < -0.3 is 15.0 Å². The van der Waals surface area contributed by atoms with Gasteiger partial charge in [-0.05, 0) is 47.1 Å². The molecular formula is C35H36N2O2. The standard InChI is InChI=1S/C35H36N2O2/c38-33(36-23-26-37-24-21-34(22-25-37)32-20-12-1-5-13-28(32)27-39-34)35(29-14-6-2-7-15-29,30-16-8-3-9-17-30)31-18-10-4-11-19-31/h1-19H,20-27H2,(H,36,38). The van der Waals surface area contributed by atoms with E-state index in [2.05, 4.69) is 70.9 Å². The molecule has 1 amide bonds. The van der Waals surface area contributed by atoms with E-state index in [4.69, 9.17) is 4.74 Å². The van der Waals surface area contributed by atoms with Crippen molar-refractivity contribution in [2.24, 2.45) is 0 Å². The van der Waals surface area contributed by atoms with Gasteiger partial charge in [0.2, 0.25) is 5.91 Å². The maximum Gasteiger partial charge on any atom is 0.239 e. The van der Waals surface area contributed by atoms with Crippen LogP contribution < -0.4 is 5.32 Å². The van der Waals surface area contributed by atoms with Crippen LogP contribution in [0.15, 0.2) is 126 Å². The number of hydrogen-bond acceptors (Lipinski definition) is 3. The second-order valence-corrected chi connectivity index (χ2v) is 10.7. The lowest BCUT2D eigenvalue weighted by atomic mass is 9.68. The molecule has 0 atom stereocenters. The quantitative estimate of drug-likeness (QED) is 0.403. The smallest absolute Gasteiger partial charge is 0.239 e. The van der Waals surface area contributed by atoms with Crippen LogP contribution in [0.3, 0.4) is 0 Å². The van der Waals surface area contributed by atoms with Gasteiger partial charge in [0.05, 0.1) is 12.2 Å². The lowest BCUT2D eigenvalue weighted by Gasteiger charge is -2.40. The fraction of sp³-hybridized carbons (Fsp3) is 0.286. The monoisotopic (exact) mass is 516 g/mol. The number of carbonyl (C=O) groups excluding carboxylic acids is 1. The Kier molecular flexibility index (Phi) is 7.32. The molecule has 1 spiro atoms. The van der Waals surface area contributed by atoms with Gasteiger partial charge in [0, 0.05) is 26.2 Å². The van der Waals surface area contributed by atoms with Gasteiger partial charge >= 0.3 is 0 Å². The summed E-state index contributed by atoms with van der Waals surface area (Å²) in [5, 5.41) is 3.34. The lowest BCUT2D eigenvalue weighted by molar-refractivity contribution is -0.124. The molecule has 1 saturated heterocycles. The highest BCUT2D eigenvalue weighted by Crippen LogP contribution is 2.43. The first-order valence-electron chi connectivity index (χ1n) is 14.1. The van der Waals surface area contributed by atoms with Crippen LogP contribution in [0.25, 0.3) is 0 Å². The zero-order chi connectivity index (χ0) is 26.5. The lowest BCUT2D eigenvalue weighted by Crippen LogP contribution is -2.50. The third-order valence-electron chi connectivity index (χ3n) is 8.65. The highest BCUT2D eigenvalue weighted by molar-refractivity contribution is 5.96. The number of amides is 1. The minimum atomic E-state index is -0.934. The molecule has 3 aromatic rings. The summed E-state index contributed by atoms with van der Waals surface area (Å²) < 4.78 is 6.41. The Labute approximate surface area is 231 Å². The number of hydrogen-bond donors (Lipinski definition) is 1. The number of nitrogens with zero attached hydrogens (tertiary/aromatic N) is 1. The summed E-state index contributed by atoms with van der Waals surface area (Å²) in [4.78, 5) is 16.8. The minimum Gasteiger partial charge on any atom is -0.366 e. The Balaban J connectivity index is 1.18. The van der Waals surface area contributed by atoms with E-state index in [-0.39, 0.29) is 11.5 Å². The number of allylic oxidation sites excluding steroid dienone is 3. The summed E-state index contributed by atoms with van der Waals surface area (Å²) in [5.41, 5.74) is 4.68. The minimum absolute atomic E-state index is 0.00512. The number of likely N-dealkylation sites (tertiary alicyclic amines) is 1. The summed E-state index contributed by atoms with van der Waals surface area (Å²) in [6.45, 7) is 4.09. The molecule has 2 aliphatic heterocycles. The molecule has 198 valence electrons. The molecule has 39 heavy (non-hydrogen) atoms. The van der Waals surface area contributed by atoms with Crippen LogP contribution in [0.4, 0.5) is 0 Å². The molecule has 0 aromatic heterocycles. The topological polar surface area (TPSA) is 41.6 Å². The molecule has 0 saturated carbocycles. The largest absolute Gasteiger partial charge is 0.366 e. The fourth-order valence-corrected chi connectivity index (χ4v) is 6.59. The Morgan fingerprint density at radius 1 is 0.821 bits per heavy atom. The molecule has 1 fully saturated rings. The predicted octanol–water partition coefficient (Wildman–Crippen LogP) is 5.81. The van der Waals surface area contributed by atoms with Crippen molar-refractivity contribution in [2.75, 3.05) is 32.8 Å². The number of ether oxygens (including phenoxy) is 1. The molecule has 4 nitrogen and oxygen atoms in total. The third-order valence-corrected chi connectivity index (χ3v) is 8.65. The molecule has 1 N–H and O–H groups in total. The van der Waals surface area contributed by atoms with E-state index < -0.39 is 5.41 Å². The van der Waals surface area contributed by atoms with Gasteiger partial charge in [0.15, 0.2) is 0 Å². The fourth-order valence-electron chi connectivity index (χ4n) is 6.59. The van der Waals surface area contributed by atoms with E-state index in [0.29, 0.717) is 6.54 Å². The van der Waals surface area contributed by atoms with Gasteiger partial charge in [-0.15, -0.1) is 0 Å². The average molecular weight is 517 g/mol. The third kappa shape index (κ3) is 4.80. The Bertz CT molecular complexity index is 1270. The van der Waals surface area contributed by atoms with Crippen LogP contribution in [-0.4, -0.2) is 49.2 Å². The number of nitrogens with one attached hydrogen (secondary N) is 1. The van der Waals surface area contributed by atoms with Gasteiger partial charge in [-0.25, -0.2) is 0 Å². The second-order valence-electron chi connectivity index (χ2n) is 10.7. The van der Waals surface area contributed by atoms with Crippen LogP contribution in [-0.2, 0) is 14.9 Å². The van der Waals surface area contributed by atoms with Crippen LogP contribution in [0.5, 0.6) is 0 Å². The zero-order valence-corrected chi connectivity index (χ0v) is 22.4. The summed E-state index contributed by atoms with van der Waals surface area (Å²) in [6, 6.07) is 30.4. The van der Waals surface area contributed by atoms with Gasteiger partial charge in [-0.2, -0.15) is 0 Å². The van der Waals surface area contributed by atoms with Crippen molar-refractivity contribution in [3.05, 3.63) is 143 Å². The molecule has 4 heteroatoms. The first-order chi connectivity index (χ1) is 19.2. The van der Waals surface area contributed by atoms with Crippen LogP contribution in [0.2, 0.25) is 0 Å². The van der Waals surface area contributed by atoms with Gasteiger partial charge in [-0.1, -0.05) is 115 Å². The van der Waals surface area contributed by atoms with Crippen molar-refractivity contribution >= 4 is 5.91 Å². The van der Waals surface area contributed by atoms with Gasteiger partial charge in [0.25, 0.3) is 0 Å². The number of carbonyl (C=O) groups is 1. The summed E-state index contributed by atoms with van der Waals surface area (Å²) in [6.07, 6.45) is 11.7. The molecule has 0 bridgehead atoms. The maximum absolute atomic E-state index is 14.3. The Hall–Kier alpha value is -3.73. The normalized spacial score (nSPS) is 18.7. The summed E-state index contributed by atoms with van der Waals surface area (Å²) >= 11 is 0. The molecule has 0 unspecified atom stereocenters. The second kappa shape index (κ2) is 11.2. The molecule has 1 aliphatic carbocycles. The van der Waals surface area contributed by atoms with Crippen molar-refractivity contribution in [1.82, 2.24) is 10.2 Å². The maximum atomic E-state index is 14.3. The van der Waals surface area contributed by atoms with Crippen LogP contribution in [0, 0.1) is 0 Å². The van der Waals surface area contributed by atoms with Crippen LogP contribution in [0.1, 0.15) is 36.0 Å². The number of fused-ring (bicyclic) bond motifs is 1. The molecule has 3 aromatic carbocycles. The molecule has 6 rings (SSSR count). The molecule has 2 heterocycles. The summed E-state index contributed by atoms with van der Waals surface area (Å²) in [7, 11) is 0. The van der Waals surface area contributed by atoms with Crippen molar-refractivity contribution in [3.8, 4) is 0 Å². The summed E-state index contributed by atoms with van der Waals surface area (Å²) in [5.74, 6) is 0.00512. The van der Waals surface area contributed by atoms with Crippen molar-refractivity contribution < 1.29 is 9.53 Å². The highest BCUT2D eigenvalue weighted by Gasteiger charge is 2.45. The number of piperidine rings is 1. The van der Waals surface area contributed by atoms with Gasteiger partial charge in [0.1, 0.15) is 5.41 Å². The molecule has 0 radical (unpaired) electrons. The van der Waals surface area contributed by atoms with Crippen molar-refractivity contribution in [1.29, 1.82) is 0 Å². The molecular weight excluding hydrogens is 480 g/mol. The predicted molar refractivity (Wildman–Crippen MR) is 156 cm³/mol. The van der Waals surface area contributed by atoms with E-state index in [1.165, 1.54) is 11.1 Å². The van der Waals surface area contributed by atoms with Gasteiger partial charge in [-0.3, -0.25) is 4.79 Å². The number of rotatable bonds is 7. The Morgan fingerprint density at radius 3 is 1.95 bits per heavy atom. The Morgan fingerprint density at radius 2 is 1.38 bits per heavy atom. The van der Waals surface area contributed by atoms with E-state index in [9.17, 15) is 4.79 Å². The van der Waals surface area contributed by atoms with E-state index in [1.54, 1.807) is 0 Å². The molecule has 3 aliphatic rings. The SMILES string of the molecule is O=C(NCCN1CCC2(CC1)OCC1=C2CC=CC=C1)C(c1ccccc1)(c1ccccc1)c1ccccc1.